The summed E-state index contributed by atoms with van der Waals surface area (Å²) in [5.74, 6) is -2.85. The molecule has 9 atom stereocenters. The molecule has 5 amide bonds. The monoisotopic (exact) mass is 998 g/mol. The first-order chi connectivity index (χ1) is 32.7. The molecule has 17 nitrogen and oxygen atoms in total. The van der Waals surface area contributed by atoms with Crippen LogP contribution in [-0.2, 0) is 59.0 Å². The van der Waals surface area contributed by atoms with Crippen molar-refractivity contribution in [1.82, 2.24) is 15.3 Å². The molecule has 19 heteroatoms. The molecule has 5 aliphatic heterocycles. The molecule has 5 fully saturated rings. The van der Waals surface area contributed by atoms with Crippen molar-refractivity contribution < 1.29 is 62.5 Å². The molecule has 4 saturated heterocycles. The van der Waals surface area contributed by atoms with E-state index in [2.05, 4.69) is 5.32 Å². The molecule has 0 spiro atoms. The zero-order valence-corrected chi connectivity index (χ0v) is 42.2. The van der Waals surface area contributed by atoms with Gasteiger partial charge in [-0.25, -0.2) is 14.4 Å². The van der Waals surface area contributed by atoms with Crippen LogP contribution in [0, 0.1) is 30.6 Å². The zero-order chi connectivity index (χ0) is 49.9. The molecule has 0 aromatic heterocycles. The van der Waals surface area contributed by atoms with E-state index in [0.29, 0.717) is 80.9 Å². The third-order valence-electron chi connectivity index (χ3n) is 14.7. The van der Waals surface area contributed by atoms with Gasteiger partial charge >= 0.3 is 18.0 Å². The second kappa shape index (κ2) is 21.9. The van der Waals surface area contributed by atoms with Gasteiger partial charge in [0.2, 0.25) is 17.7 Å². The van der Waals surface area contributed by atoms with E-state index in [1.807, 2.05) is 58.1 Å². The summed E-state index contributed by atoms with van der Waals surface area (Å²) in [6.45, 7) is 11.7. The Balaban J connectivity index is 0.939. The summed E-state index contributed by atoms with van der Waals surface area (Å²) < 4.78 is 24.1. The fraction of sp³-hybridized carbons (Fsp3) is 0.660. The van der Waals surface area contributed by atoms with Crippen molar-refractivity contribution in [2.24, 2.45) is 23.7 Å². The number of allylic oxidation sites excluding steroid dienone is 3. The van der Waals surface area contributed by atoms with Crippen molar-refractivity contribution in [1.29, 1.82) is 0 Å². The van der Waals surface area contributed by atoms with Crippen LogP contribution in [0.4, 0.5) is 10.5 Å². The van der Waals surface area contributed by atoms with Crippen molar-refractivity contribution in [3.8, 4) is 0 Å². The van der Waals surface area contributed by atoms with Crippen molar-refractivity contribution in [2.75, 3.05) is 37.4 Å². The van der Waals surface area contributed by atoms with E-state index in [9.17, 15) is 38.7 Å². The first-order valence-corrected chi connectivity index (χ1v) is 25.7. The maximum atomic E-state index is 14.2. The number of imide groups is 1. The Bertz CT molecular complexity index is 2230. The predicted molar refractivity (Wildman–Crippen MR) is 255 cm³/mol. The summed E-state index contributed by atoms with van der Waals surface area (Å²) in [4.78, 5) is 99.9. The lowest BCUT2D eigenvalue weighted by Gasteiger charge is -2.41. The normalized spacial score (nSPS) is 33.8. The van der Waals surface area contributed by atoms with Crippen LogP contribution in [0.2, 0.25) is 5.02 Å². The van der Waals surface area contributed by atoms with E-state index in [-0.39, 0.29) is 61.3 Å². The topological polar surface area (TPSA) is 211 Å². The van der Waals surface area contributed by atoms with Gasteiger partial charge in [0, 0.05) is 51.3 Å². The minimum absolute atomic E-state index is 0.0547. The number of anilines is 1. The minimum atomic E-state index is -1.62. The Morgan fingerprint density at radius 2 is 1.78 bits per heavy atom. The number of alkyl carbamates (subject to hydrolysis) is 1. The number of rotatable bonds is 12. The van der Waals surface area contributed by atoms with Crippen LogP contribution in [0.25, 0.3) is 0 Å². The quantitative estimate of drug-likeness (QED) is 0.104. The number of hydroxylamine groups is 2. The van der Waals surface area contributed by atoms with E-state index in [0.717, 1.165) is 21.8 Å². The lowest BCUT2D eigenvalue weighted by molar-refractivity contribution is -0.197. The zero-order valence-electron chi connectivity index (χ0n) is 40.7. The number of nitrogens with zero attached hydrogens (tertiary/aromatic N) is 3. The maximum absolute atomic E-state index is 14.2. The molecule has 4 bridgehead atoms. The van der Waals surface area contributed by atoms with Gasteiger partial charge in [0.05, 0.1) is 40.9 Å². The molecule has 1 aromatic carbocycles. The number of hydrogen-bond donors (Lipinski definition) is 2. The van der Waals surface area contributed by atoms with Gasteiger partial charge in [-0.2, -0.15) is 5.06 Å². The van der Waals surface area contributed by atoms with Crippen LogP contribution in [0.1, 0.15) is 110 Å². The Morgan fingerprint density at radius 3 is 2.49 bits per heavy atom. The number of esters is 1. The Labute approximate surface area is 413 Å². The lowest BCUT2D eigenvalue weighted by atomic mass is 9.82. The summed E-state index contributed by atoms with van der Waals surface area (Å²) in [5, 5.41) is 15.4. The second-order valence-electron chi connectivity index (χ2n) is 20.0. The fourth-order valence-electron chi connectivity index (χ4n) is 10.1. The van der Waals surface area contributed by atoms with Crippen LogP contribution in [-0.4, -0.2) is 130 Å². The highest BCUT2D eigenvalue weighted by molar-refractivity contribution is 8.00. The molecule has 2 N–H and O–H groups in total. The Morgan fingerprint density at radius 1 is 1.04 bits per heavy atom. The number of halogens is 1. The molecule has 2 unspecified atom stereocenters. The van der Waals surface area contributed by atoms with Crippen molar-refractivity contribution in [2.45, 2.75) is 153 Å². The first kappa shape index (κ1) is 52.3. The standard InChI is InChI=1S/C50H67ClN4O13S/c1-28-11-8-12-30(3)50(63)26-37(65-48(62)52-50)31(4)44-49(6,67-44)39(25-41(57)53(7)36-23-34(21-28)22-29(2)43(36)51)66-46(60)32(5)64-19-10-20-69-38-24-42(58)54(45(38)59)27-33-14-16-35(17-15-33)47(61)68-55-18-9-13-40(55)56/h8,11-12,22-23,30-33,35,37-39,44,63H,9-10,13-21,24-27H2,1-7H3,(H,52,62)/b12-8+,28-11+/t30-,31-,32+,33?,35?,37?,38?,39+,44+,49+,50+/m1/s1. The van der Waals surface area contributed by atoms with Gasteiger partial charge in [-0.1, -0.05) is 55.3 Å². The summed E-state index contributed by atoms with van der Waals surface area (Å²) in [7, 11) is 1.62. The van der Waals surface area contributed by atoms with Crippen LogP contribution in [0.5, 0.6) is 0 Å². The number of amides is 5. The number of thioether (sulfide) groups is 1. The van der Waals surface area contributed by atoms with E-state index >= 15 is 0 Å². The molecule has 1 aliphatic carbocycles. The summed E-state index contributed by atoms with van der Waals surface area (Å²) in [6.07, 6.45) is 5.73. The van der Waals surface area contributed by atoms with Gasteiger partial charge in [-0.05, 0) is 102 Å². The molecule has 1 saturated carbocycles. The maximum Gasteiger partial charge on any atom is 0.409 e. The van der Waals surface area contributed by atoms with Crippen molar-refractivity contribution in [3.63, 3.8) is 0 Å². The van der Waals surface area contributed by atoms with E-state index in [1.165, 1.54) is 21.6 Å². The lowest BCUT2D eigenvalue weighted by Crippen LogP contribution is -2.60. The number of aliphatic hydroxyl groups is 1. The number of benzene rings is 1. The van der Waals surface area contributed by atoms with Gasteiger partial charge in [-0.15, -0.1) is 11.8 Å². The number of fused-ring (bicyclic) bond motifs is 5. The highest BCUT2D eigenvalue weighted by Crippen LogP contribution is 2.49. The van der Waals surface area contributed by atoms with Crippen LogP contribution < -0.4 is 10.2 Å². The number of ether oxygens (including phenoxy) is 4. The molecule has 6 aliphatic rings. The van der Waals surface area contributed by atoms with Crippen LogP contribution in [0.15, 0.2) is 35.9 Å². The molecular formula is C50H67ClN4O13S. The fourth-order valence-corrected chi connectivity index (χ4v) is 11.4. The van der Waals surface area contributed by atoms with Gasteiger partial charge in [-0.3, -0.25) is 29.4 Å². The number of carbonyl (C=O) groups is 7. The Kier molecular flexibility index (Phi) is 16.6. The van der Waals surface area contributed by atoms with Crippen molar-refractivity contribution >= 4 is 70.7 Å². The highest BCUT2D eigenvalue weighted by atomic mass is 35.5. The number of hydrogen-bond acceptors (Lipinski definition) is 14. The van der Waals surface area contributed by atoms with E-state index in [1.54, 1.807) is 20.9 Å². The third-order valence-corrected chi connectivity index (χ3v) is 16.5. The summed E-state index contributed by atoms with van der Waals surface area (Å²) >= 11 is 8.19. The van der Waals surface area contributed by atoms with Gasteiger partial charge in [0.1, 0.15) is 23.5 Å². The van der Waals surface area contributed by atoms with Gasteiger partial charge in [0.25, 0.3) is 5.91 Å². The highest BCUT2D eigenvalue weighted by Gasteiger charge is 2.64. The number of epoxide rings is 1. The van der Waals surface area contributed by atoms with Crippen LogP contribution in [0.3, 0.4) is 0 Å². The first-order valence-electron chi connectivity index (χ1n) is 24.3. The average Bonchev–Trinajstić information content (AvgIpc) is 3.73. The summed E-state index contributed by atoms with van der Waals surface area (Å²) in [6, 6.07) is 3.84. The van der Waals surface area contributed by atoms with Gasteiger partial charge in [0.15, 0.2) is 6.10 Å². The summed E-state index contributed by atoms with van der Waals surface area (Å²) in [5.41, 5.74) is 0.410. The third kappa shape index (κ3) is 12.2. The predicted octanol–water partition coefficient (Wildman–Crippen LogP) is 6.13. The van der Waals surface area contributed by atoms with Gasteiger partial charge < -0.3 is 33.8 Å². The van der Waals surface area contributed by atoms with Crippen LogP contribution >= 0.6 is 23.4 Å². The van der Waals surface area contributed by atoms with E-state index in [4.69, 9.17) is 35.4 Å². The largest absolute Gasteiger partial charge is 0.457 e. The minimum Gasteiger partial charge on any atom is -0.457 e. The molecule has 5 heterocycles. The second-order valence-corrected chi connectivity index (χ2v) is 21.7. The number of aryl methyl sites for hydroxylation is 1. The molecule has 378 valence electrons. The van der Waals surface area contributed by atoms with E-state index < -0.39 is 70.9 Å². The molecule has 69 heavy (non-hydrogen) atoms. The number of likely N-dealkylation sites (tertiary alicyclic amines) is 1. The molecular weight excluding hydrogens is 932 g/mol. The van der Waals surface area contributed by atoms with Crippen molar-refractivity contribution in [3.05, 3.63) is 52.1 Å². The molecule has 7 rings (SSSR count). The SMILES string of the molecule is C/C1=C\C=C\[C@@H](C)[C@@]2(O)CC(OC(=O)N2)[C@@H](C)[C@@H]2O[C@@]2(C)[C@@H](OC(=O)[C@H](C)OCCCSC2CC(=O)N(CC3CCC(C(=O)ON4CCCC4=O)CC3)C2=O)CC(=O)N(C)c2cc(cc(C)c2Cl)C1. The number of carbonyl (C=O) groups excluding carboxylic acids is 7. The molecule has 0 radical (unpaired) electrons. The smallest absolute Gasteiger partial charge is 0.409 e. The molecule has 1 aromatic rings. The Hall–Kier alpha value is -4.49. The average molecular weight is 1000 g/mol. The number of nitrogens with one attached hydrogen (secondary N) is 1.